The Morgan fingerprint density at radius 1 is 1.42 bits per heavy atom. The van der Waals surface area contributed by atoms with Crippen LogP contribution in [0.1, 0.15) is 24.1 Å². The molecule has 0 unspecified atom stereocenters. The highest BCUT2D eigenvalue weighted by molar-refractivity contribution is 5.79. The van der Waals surface area contributed by atoms with E-state index in [0.717, 1.165) is 11.8 Å². The third-order valence-electron chi connectivity index (χ3n) is 4.54. The van der Waals surface area contributed by atoms with Crippen LogP contribution in [0.25, 0.3) is 0 Å². The maximum absolute atomic E-state index is 13.2. The number of halogens is 3. The molecule has 0 aromatic carbocycles. The Bertz CT molecular complexity index is 774. The van der Waals surface area contributed by atoms with Crippen molar-refractivity contribution >= 4 is 11.7 Å². The Hall–Kier alpha value is -2.58. The SMILES string of the molecule is Cn1cncc1CNC(=O)[C@H]1CCCN(c2ncccc2C(F)(F)F)C1. The zero-order valence-electron chi connectivity index (χ0n) is 14.3. The number of imidazole rings is 1. The molecule has 3 heterocycles. The molecule has 1 N–H and O–H groups in total. The van der Waals surface area contributed by atoms with Gasteiger partial charge in [0.1, 0.15) is 5.82 Å². The van der Waals surface area contributed by atoms with Gasteiger partial charge in [0.25, 0.3) is 0 Å². The lowest BCUT2D eigenvalue weighted by Crippen LogP contribution is -2.44. The first kappa shape index (κ1) is 18.2. The largest absolute Gasteiger partial charge is 0.419 e. The van der Waals surface area contributed by atoms with Crippen molar-refractivity contribution < 1.29 is 18.0 Å². The van der Waals surface area contributed by atoms with Crippen molar-refractivity contribution in [2.45, 2.75) is 25.6 Å². The molecule has 0 saturated carbocycles. The highest BCUT2D eigenvalue weighted by atomic mass is 19.4. The first-order chi connectivity index (χ1) is 12.4. The van der Waals surface area contributed by atoms with Crippen LogP contribution in [0.3, 0.4) is 0 Å². The molecule has 26 heavy (non-hydrogen) atoms. The third kappa shape index (κ3) is 3.97. The van der Waals surface area contributed by atoms with Crippen molar-refractivity contribution in [1.29, 1.82) is 0 Å². The summed E-state index contributed by atoms with van der Waals surface area (Å²) in [5, 5.41) is 2.84. The minimum Gasteiger partial charge on any atom is -0.355 e. The van der Waals surface area contributed by atoms with Gasteiger partial charge in [-0.1, -0.05) is 0 Å². The first-order valence-corrected chi connectivity index (χ1v) is 8.36. The van der Waals surface area contributed by atoms with Crippen molar-refractivity contribution in [2.75, 3.05) is 18.0 Å². The zero-order valence-corrected chi connectivity index (χ0v) is 14.3. The summed E-state index contributed by atoms with van der Waals surface area (Å²) in [5.74, 6) is -0.649. The van der Waals surface area contributed by atoms with Crippen molar-refractivity contribution in [3.8, 4) is 0 Å². The molecule has 6 nitrogen and oxygen atoms in total. The molecule has 1 saturated heterocycles. The Kier molecular flexibility index (Phi) is 5.15. The number of nitrogens with zero attached hydrogens (tertiary/aromatic N) is 4. The molecule has 1 amide bonds. The van der Waals surface area contributed by atoms with Crippen LogP contribution in [0.5, 0.6) is 0 Å². The topological polar surface area (TPSA) is 63.1 Å². The number of aryl methyl sites for hydroxylation is 1. The Morgan fingerprint density at radius 2 is 2.23 bits per heavy atom. The molecule has 9 heteroatoms. The highest BCUT2D eigenvalue weighted by Crippen LogP contribution is 2.36. The van der Waals surface area contributed by atoms with Crippen LogP contribution in [0.4, 0.5) is 19.0 Å². The Balaban J connectivity index is 1.68. The van der Waals surface area contributed by atoms with Crippen LogP contribution in [-0.2, 0) is 24.6 Å². The number of hydrogen-bond donors (Lipinski definition) is 1. The van der Waals surface area contributed by atoms with Crippen LogP contribution < -0.4 is 10.2 Å². The molecule has 0 aliphatic carbocycles. The fourth-order valence-corrected chi connectivity index (χ4v) is 3.13. The van der Waals surface area contributed by atoms with Crippen LogP contribution in [0.15, 0.2) is 30.9 Å². The first-order valence-electron chi connectivity index (χ1n) is 8.36. The van der Waals surface area contributed by atoms with Gasteiger partial charge in [0.15, 0.2) is 0 Å². The second kappa shape index (κ2) is 7.35. The zero-order chi connectivity index (χ0) is 18.7. The highest BCUT2D eigenvalue weighted by Gasteiger charge is 2.37. The van der Waals surface area contributed by atoms with Crippen molar-refractivity contribution in [2.24, 2.45) is 13.0 Å². The van der Waals surface area contributed by atoms with Gasteiger partial charge in [-0.15, -0.1) is 0 Å². The van der Waals surface area contributed by atoms with E-state index in [1.807, 2.05) is 7.05 Å². The predicted octanol–water partition coefficient (Wildman–Crippen LogP) is 2.37. The third-order valence-corrected chi connectivity index (χ3v) is 4.54. The molecule has 1 aliphatic heterocycles. The van der Waals surface area contributed by atoms with Crippen molar-refractivity contribution in [1.82, 2.24) is 19.9 Å². The molecular weight excluding hydrogens is 347 g/mol. The maximum atomic E-state index is 13.2. The smallest absolute Gasteiger partial charge is 0.355 e. The number of pyridine rings is 1. The number of nitrogens with one attached hydrogen (secondary N) is 1. The molecule has 1 atom stereocenters. The summed E-state index contributed by atoms with van der Waals surface area (Å²) in [7, 11) is 1.83. The molecule has 140 valence electrons. The second-order valence-electron chi connectivity index (χ2n) is 6.37. The molecule has 2 aromatic rings. The molecule has 2 aromatic heterocycles. The molecule has 1 fully saturated rings. The summed E-state index contributed by atoms with van der Waals surface area (Å²) >= 11 is 0. The van der Waals surface area contributed by atoms with Gasteiger partial charge in [0.05, 0.1) is 30.0 Å². The quantitative estimate of drug-likeness (QED) is 0.901. The lowest BCUT2D eigenvalue weighted by atomic mass is 9.96. The van der Waals surface area contributed by atoms with Crippen LogP contribution in [0, 0.1) is 5.92 Å². The van der Waals surface area contributed by atoms with E-state index in [2.05, 4.69) is 15.3 Å². The summed E-state index contributed by atoms with van der Waals surface area (Å²) in [6.07, 6.45) is 1.45. The molecule has 0 spiro atoms. The minimum atomic E-state index is -4.47. The summed E-state index contributed by atoms with van der Waals surface area (Å²) in [6.45, 7) is 1.01. The van der Waals surface area contributed by atoms with Crippen molar-refractivity contribution in [3.63, 3.8) is 0 Å². The van der Waals surface area contributed by atoms with Crippen molar-refractivity contribution in [3.05, 3.63) is 42.1 Å². The van der Waals surface area contributed by atoms with Gasteiger partial charge in [0, 0.05) is 32.5 Å². The minimum absolute atomic E-state index is 0.107. The average Bonchev–Trinajstić information content (AvgIpc) is 3.04. The Labute approximate surface area is 149 Å². The van der Waals surface area contributed by atoms with E-state index in [0.29, 0.717) is 25.9 Å². The van der Waals surface area contributed by atoms with Gasteiger partial charge in [-0.2, -0.15) is 13.2 Å². The van der Waals surface area contributed by atoms with Gasteiger partial charge in [-0.05, 0) is 25.0 Å². The average molecular weight is 367 g/mol. The lowest BCUT2D eigenvalue weighted by molar-refractivity contribution is -0.137. The van der Waals surface area contributed by atoms with Gasteiger partial charge < -0.3 is 14.8 Å². The van der Waals surface area contributed by atoms with E-state index in [1.165, 1.54) is 12.3 Å². The number of rotatable bonds is 4. The summed E-state index contributed by atoms with van der Waals surface area (Å²) in [5.41, 5.74) is 0.0889. The van der Waals surface area contributed by atoms with Gasteiger partial charge in [-0.3, -0.25) is 4.79 Å². The van der Waals surface area contributed by atoms with E-state index in [1.54, 1.807) is 22.0 Å². The number of piperidine rings is 1. The molecule has 0 radical (unpaired) electrons. The van der Waals surface area contributed by atoms with Crippen LogP contribution >= 0.6 is 0 Å². The molecule has 1 aliphatic rings. The van der Waals surface area contributed by atoms with Crippen LogP contribution in [-0.4, -0.2) is 33.5 Å². The van der Waals surface area contributed by atoms with Crippen LogP contribution in [0.2, 0.25) is 0 Å². The lowest BCUT2D eigenvalue weighted by Gasteiger charge is -2.34. The molecular formula is C17H20F3N5O. The number of carbonyl (C=O) groups is 1. The van der Waals surface area contributed by atoms with Gasteiger partial charge in [-0.25, -0.2) is 9.97 Å². The number of carbonyl (C=O) groups excluding carboxylic acids is 1. The van der Waals surface area contributed by atoms with E-state index >= 15 is 0 Å². The normalized spacial score (nSPS) is 18.0. The second-order valence-corrected chi connectivity index (χ2v) is 6.37. The standard InChI is InChI=1S/C17H20F3N5O/c1-24-11-21-8-13(24)9-23-16(26)12-4-3-7-25(10-12)15-14(17(18,19)20)5-2-6-22-15/h2,5-6,8,11-12H,3-4,7,9-10H2,1H3,(H,23,26)/t12-/m0/s1. The van der Waals surface area contributed by atoms with E-state index in [9.17, 15) is 18.0 Å². The number of aromatic nitrogens is 3. The predicted molar refractivity (Wildman–Crippen MR) is 89.2 cm³/mol. The number of hydrogen-bond acceptors (Lipinski definition) is 4. The number of amides is 1. The molecule has 3 rings (SSSR count). The van der Waals surface area contributed by atoms with E-state index in [-0.39, 0.29) is 24.2 Å². The monoisotopic (exact) mass is 367 g/mol. The van der Waals surface area contributed by atoms with E-state index < -0.39 is 11.7 Å². The van der Waals surface area contributed by atoms with Gasteiger partial charge >= 0.3 is 6.18 Å². The number of alkyl halides is 3. The fourth-order valence-electron chi connectivity index (χ4n) is 3.13. The summed E-state index contributed by atoms with van der Waals surface area (Å²) < 4.78 is 41.5. The number of anilines is 1. The molecule has 0 bridgehead atoms. The maximum Gasteiger partial charge on any atom is 0.419 e. The summed E-state index contributed by atoms with van der Waals surface area (Å²) in [6, 6.07) is 2.29. The van der Waals surface area contributed by atoms with E-state index in [4.69, 9.17) is 0 Å². The summed E-state index contributed by atoms with van der Waals surface area (Å²) in [4.78, 5) is 21.9. The Morgan fingerprint density at radius 3 is 2.92 bits per heavy atom. The fraction of sp³-hybridized carbons (Fsp3) is 0.471. The van der Waals surface area contributed by atoms with Gasteiger partial charge in [0.2, 0.25) is 5.91 Å².